The molecule has 1 aliphatic heterocycles. The highest BCUT2D eigenvalue weighted by Crippen LogP contribution is 2.30. The van der Waals surface area contributed by atoms with Gasteiger partial charge >= 0.3 is 6.03 Å². The Labute approximate surface area is 149 Å². The van der Waals surface area contributed by atoms with Crippen molar-refractivity contribution in [1.29, 1.82) is 0 Å². The molecule has 2 amide bonds. The lowest BCUT2D eigenvalue weighted by molar-refractivity contribution is 0.100. The van der Waals surface area contributed by atoms with E-state index in [1.54, 1.807) is 4.90 Å². The highest BCUT2D eigenvalue weighted by atomic mass is 16.5. The number of carbonyl (C=O) groups is 1. The van der Waals surface area contributed by atoms with E-state index >= 15 is 0 Å². The molecule has 140 valence electrons. The molecule has 1 aliphatic carbocycles. The van der Waals surface area contributed by atoms with Crippen LogP contribution in [-0.2, 0) is 11.3 Å². The van der Waals surface area contributed by atoms with Crippen molar-refractivity contribution in [1.82, 2.24) is 20.4 Å². The van der Waals surface area contributed by atoms with E-state index < -0.39 is 0 Å². The number of nitrogens with zero attached hydrogens (tertiary/aromatic N) is 3. The molecule has 1 unspecified atom stereocenters. The number of rotatable bonds is 7. The van der Waals surface area contributed by atoms with Crippen LogP contribution in [0.2, 0.25) is 0 Å². The fraction of sp³-hybridized carbons (Fsp3) is 0.833. The van der Waals surface area contributed by atoms with Crippen molar-refractivity contribution in [2.45, 2.75) is 76.4 Å². The number of urea groups is 1. The zero-order chi connectivity index (χ0) is 17.5. The first-order valence-corrected chi connectivity index (χ1v) is 9.65. The summed E-state index contributed by atoms with van der Waals surface area (Å²) in [4.78, 5) is 18.3. The molecule has 1 aromatic heterocycles. The Balaban J connectivity index is 1.35. The second-order valence-corrected chi connectivity index (χ2v) is 7.24. The predicted octanol–water partition coefficient (Wildman–Crippen LogP) is 3.22. The van der Waals surface area contributed by atoms with E-state index in [4.69, 9.17) is 9.26 Å². The van der Waals surface area contributed by atoms with E-state index in [0.29, 0.717) is 17.9 Å². The second kappa shape index (κ2) is 9.17. The van der Waals surface area contributed by atoms with Gasteiger partial charge in [-0.3, -0.25) is 0 Å². The number of hydrogen-bond acceptors (Lipinski definition) is 5. The standard InChI is InChI=1S/C18H30N4O3/c1-22(11-5-9-15-10-6-12-24-15)18(23)19-13-16-20-17(21-25-16)14-7-3-2-4-8-14/h14-15H,2-13H2,1H3,(H,19,23). The summed E-state index contributed by atoms with van der Waals surface area (Å²) >= 11 is 0. The van der Waals surface area contributed by atoms with E-state index in [9.17, 15) is 4.79 Å². The summed E-state index contributed by atoms with van der Waals surface area (Å²) in [6.45, 7) is 1.89. The van der Waals surface area contributed by atoms with Gasteiger partial charge in [0.05, 0.1) is 12.6 Å². The summed E-state index contributed by atoms with van der Waals surface area (Å²) < 4.78 is 10.9. The number of nitrogens with one attached hydrogen (secondary N) is 1. The topological polar surface area (TPSA) is 80.5 Å². The average Bonchev–Trinajstić information content (AvgIpc) is 3.32. The molecule has 7 nitrogen and oxygen atoms in total. The summed E-state index contributed by atoms with van der Waals surface area (Å²) in [5, 5.41) is 6.94. The SMILES string of the molecule is CN(CCCC1CCCO1)C(=O)NCc1nc(C2CCCCC2)no1. The van der Waals surface area contributed by atoms with Crippen molar-refractivity contribution in [3.05, 3.63) is 11.7 Å². The predicted molar refractivity (Wildman–Crippen MR) is 93.2 cm³/mol. The lowest BCUT2D eigenvalue weighted by atomic mass is 9.89. The third kappa shape index (κ3) is 5.42. The van der Waals surface area contributed by atoms with E-state index in [0.717, 1.165) is 57.5 Å². The van der Waals surface area contributed by atoms with Crippen molar-refractivity contribution < 1.29 is 14.1 Å². The van der Waals surface area contributed by atoms with Crippen LogP contribution in [0.1, 0.15) is 75.4 Å². The van der Waals surface area contributed by atoms with Crippen molar-refractivity contribution >= 4 is 6.03 Å². The third-order valence-corrected chi connectivity index (χ3v) is 5.24. The first-order valence-electron chi connectivity index (χ1n) is 9.65. The van der Waals surface area contributed by atoms with Crippen LogP contribution >= 0.6 is 0 Å². The van der Waals surface area contributed by atoms with Crippen LogP contribution in [0.5, 0.6) is 0 Å². The molecule has 0 aromatic carbocycles. The Morgan fingerprint density at radius 2 is 2.08 bits per heavy atom. The lowest BCUT2D eigenvalue weighted by Crippen LogP contribution is -2.37. The fourth-order valence-electron chi connectivity index (χ4n) is 3.68. The molecule has 1 N–H and O–H groups in total. The maximum absolute atomic E-state index is 12.1. The molecule has 25 heavy (non-hydrogen) atoms. The van der Waals surface area contributed by atoms with Crippen molar-refractivity contribution in [3.8, 4) is 0 Å². The number of amides is 2. The molecular weight excluding hydrogens is 320 g/mol. The summed E-state index contributed by atoms with van der Waals surface area (Å²) in [7, 11) is 1.81. The van der Waals surface area contributed by atoms with Gasteiger partial charge in [0.1, 0.15) is 0 Å². The van der Waals surface area contributed by atoms with Gasteiger partial charge in [0.15, 0.2) is 5.82 Å². The fourth-order valence-corrected chi connectivity index (χ4v) is 3.68. The first-order chi connectivity index (χ1) is 12.2. The van der Waals surface area contributed by atoms with Crippen molar-refractivity contribution in [2.75, 3.05) is 20.2 Å². The largest absolute Gasteiger partial charge is 0.378 e. The van der Waals surface area contributed by atoms with Crippen LogP contribution in [-0.4, -0.2) is 47.4 Å². The van der Waals surface area contributed by atoms with Gasteiger partial charge in [-0.05, 0) is 38.5 Å². The normalized spacial score (nSPS) is 21.4. The summed E-state index contributed by atoms with van der Waals surface area (Å²) in [5.41, 5.74) is 0. The summed E-state index contributed by atoms with van der Waals surface area (Å²) in [5.74, 6) is 1.71. The van der Waals surface area contributed by atoms with E-state index in [-0.39, 0.29) is 12.6 Å². The molecule has 1 saturated heterocycles. The average molecular weight is 350 g/mol. The molecule has 0 bridgehead atoms. The molecule has 2 heterocycles. The molecule has 3 rings (SSSR count). The Bertz CT molecular complexity index is 536. The maximum atomic E-state index is 12.1. The molecular formula is C18H30N4O3. The van der Waals surface area contributed by atoms with Crippen LogP contribution in [0, 0.1) is 0 Å². The summed E-state index contributed by atoms with van der Waals surface area (Å²) in [6.07, 6.45) is 10.7. The van der Waals surface area contributed by atoms with Gasteiger partial charge in [-0.25, -0.2) is 4.79 Å². The van der Waals surface area contributed by atoms with Gasteiger partial charge in [0.2, 0.25) is 5.89 Å². The second-order valence-electron chi connectivity index (χ2n) is 7.24. The third-order valence-electron chi connectivity index (χ3n) is 5.24. The number of ether oxygens (including phenoxy) is 1. The van der Waals surface area contributed by atoms with Gasteiger partial charge in [-0.2, -0.15) is 4.98 Å². The highest BCUT2D eigenvalue weighted by molar-refractivity contribution is 5.73. The van der Waals surface area contributed by atoms with Gasteiger partial charge in [0.25, 0.3) is 0 Å². The van der Waals surface area contributed by atoms with Crippen LogP contribution in [0.25, 0.3) is 0 Å². The Morgan fingerprint density at radius 1 is 1.24 bits per heavy atom. The number of carbonyl (C=O) groups excluding carboxylic acids is 1. The van der Waals surface area contributed by atoms with Crippen molar-refractivity contribution in [3.63, 3.8) is 0 Å². The minimum absolute atomic E-state index is 0.107. The van der Waals surface area contributed by atoms with Gasteiger partial charge in [0, 0.05) is 26.1 Å². The first kappa shape index (κ1) is 18.2. The zero-order valence-corrected chi connectivity index (χ0v) is 15.2. The van der Waals surface area contributed by atoms with Crippen molar-refractivity contribution in [2.24, 2.45) is 0 Å². The maximum Gasteiger partial charge on any atom is 0.317 e. The Morgan fingerprint density at radius 3 is 2.84 bits per heavy atom. The summed E-state index contributed by atoms with van der Waals surface area (Å²) in [6, 6.07) is -0.107. The number of hydrogen-bond donors (Lipinski definition) is 1. The van der Waals surface area contributed by atoms with Gasteiger partial charge < -0.3 is 19.5 Å². The van der Waals surface area contributed by atoms with E-state index in [1.165, 1.54) is 19.3 Å². The molecule has 1 saturated carbocycles. The van der Waals surface area contributed by atoms with Crippen LogP contribution in [0.3, 0.4) is 0 Å². The highest BCUT2D eigenvalue weighted by Gasteiger charge is 2.21. The van der Waals surface area contributed by atoms with Gasteiger partial charge in [-0.1, -0.05) is 24.4 Å². The van der Waals surface area contributed by atoms with Crippen LogP contribution < -0.4 is 5.32 Å². The van der Waals surface area contributed by atoms with Crippen LogP contribution in [0.4, 0.5) is 4.79 Å². The van der Waals surface area contributed by atoms with Gasteiger partial charge in [-0.15, -0.1) is 0 Å². The Hall–Kier alpha value is -1.63. The van der Waals surface area contributed by atoms with E-state index in [1.807, 2.05) is 7.05 Å². The molecule has 7 heteroatoms. The van der Waals surface area contributed by atoms with Crippen LogP contribution in [0.15, 0.2) is 4.52 Å². The monoisotopic (exact) mass is 350 g/mol. The minimum atomic E-state index is -0.107. The molecule has 0 radical (unpaired) electrons. The van der Waals surface area contributed by atoms with E-state index in [2.05, 4.69) is 15.5 Å². The molecule has 2 aliphatic rings. The number of aromatic nitrogens is 2. The smallest absolute Gasteiger partial charge is 0.317 e. The molecule has 1 aromatic rings. The Kier molecular flexibility index (Phi) is 6.67. The molecule has 2 fully saturated rings. The molecule has 1 atom stereocenters. The zero-order valence-electron chi connectivity index (χ0n) is 15.2. The quantitative estimate of drug-likeness (QED) is 0.816. The lowest BCUT2D eigenvalue weighted by Gasteiger charge is -2.18. The minimum Gasteiger partial charge on any atom is -0.378 e. The molecule has 0 spiro atoms.